The van der Waals surface area contributed by atoms with Crippen LogP contribution in [-0.4, -0.2) is 12.2 Å². The quantitative estimate of drug-likeness (QED) is 0.642. The van der Waals surface area contributed by atoms with Gasteiger partial charge in [-0.3, -0.25) is 11.3 Å². The van der Waals surface area contributed by atoms with Gasteiger partial charge in [-0.1, -0.05) is 19.1 Å². The van der Waals surface area contributed by atoms with Crippen molar-refractivity contribution >= 4 is 0 Å². The van der Waals surface area contributed by atoms with Gasteiger partial charge in [-0.2, -0.15) is 0 Å². The van der Waals surface area contributed by atoms with E-state index in [1.54, 1.807) is 12.1 Å². The molecule has 0 spiro atoms. The van der Waals surface area contributed by atoms with E-state index in [1.807, 2.05) is 6.92 Å². The van der Waals surface area contributed by atoms with Gasteiger partial charge in [-0.05, 0) is 56.2 Å². The first-order chi connectivity index (χ1) is 9.61. The molecular weight excluding hydrogens is 255 g/mol. The molecule has 1 aromatic rings. The van der Waals surface area contributed by atoms with Gasteiger partial charge in [0.1, 0.15) is 5.82 Å². The molecule has 1 saturated carbocycles. The molecule has 1 aliphatic carbocycles. The van der Waals surface area contributed by atoms with Crippen molar-refractivity contribution in [1.82, 2.24) is 5.43 Å². The SMILES string of the molecule is CCOC1(C(NN)c2ccc(F)cc2)CCC(C)CC1. The largest absolute Gasteiger partial charge is 0.373 e. The fourth-order valence-corrected chi connectivity index (χ4v) is 3.26. The zero-order chi connectivity index (χ0) is 14.6. The lowest BCUT2D eigenvalue weighted by Gasteiger charge is -2.44. The highest BCUT2D eigenvalue weighted by Crippen LogP contribution is 2.42. The number of hydrazine groups is 1. The zero-order valence-electron chi connectivity index (χ0n) is 12.4. The molecule has 0 saturated heterocycles. The van der Waals surface area contributed by atoms with E-state index in [1.165, 1.54) is 12.1 Å². The van der Waals surface area contributed by atoms with E-state index < -0.39 is 0 Å². The summed E-state index contributed by atoms with van der Waals surface area (Å²) in [5, 5.41) is 0. The first-order valence-corrected chi connectivity index (χ1v) is 7.47. The second-order valence-corrected chi connectivity index (χ2v) is 5.83. The van der Waals surface area contributed by atoms with E-state index in [4.69, 9.17) is 10.6 Å². The predicted octanol–water partition coefficient (Wildman–Crippen LogP) is 3.32. The predicted molar refractivity (Wildman–Crippen MR) is 78.5 cm³/mol. The Kier molecular flexibility index (Phi) is 5.13. The molecule has 0 radical (unpaired) electrons. The molecule has 0 amide bonds. The number of rotatable bonds is 5. The van der Waals surface area contributed by atoms with Crippen molar-refractivity contribution in [2.45, 2.75) is 51.2 Å². The van der Waals surface area contributed by atoms with Crippen LogP contribution in [0.3, 0.4) is 0 Å². The molecule has 112 valence electrons. The molecule has 0 heterocycles. The third-order valence-corrected chi connectivity index (χ3v) is 4.45. The summed E-state index contributed by atoms with van der Waals surface area (Å²) in [6, 6.07) is 6.43. The third-order valence-electron chi connectivity index (χ3n) is 4.45. The van der Waals surface area contributed by atoms with Crippen molar-refractivity contribution < 1.29 is 9.13 Å². The number of hydrogen-bond donors (Lipinski definition) is 2. The van der Waals surface area contributed by atoms with E-state index in [-0.39, 0.29) is 17.5 Å². The Bertz CT molecular complexity index is 413. The Hall–Kier alpha value is -0.970. The molecule has 1 fully saturated rings. The Morgan fingerprint density at radius 1 is 1.35 bits per heavy atom. The van der Waals surface area contributed by atoms with Crippen LogP contribution < -0.4 is 11.3 Å². The highest BCUT2D eigenvalue weighted by atomic mass is 19.1. The second-order valence-electron chi connectivity index (χ2n) is 5.83. The summed E-state index contributed by atoms with van der Waals surface area (Å²) < 4.78 is 19.2. The summed E-state index contributed by atoms with van der Waals surface area (Å²) in [5.74, 6) is 6.30. The van der Waals surface area contributed by atoms with Crippen molar-refractivity contribution in [2.75, 3.05) is 6.61 Å². The molecule has 2 rings (SSSR count). The highest BCUT2D eigenvalue weighted by molar-refractivity contribution is 5.23. The van der Waals surface area contributed by atoms with Crippen LogP contribution in [0.4, 0.5) is 4.39 Å². The zero-order valence-corrected chi connectivity index (χ0v) is 12.4. The number of nitrogens with one attached hydrogen (secondary N) is 1. The van der Waals surface area contributed by atoms with E-state index in [0.29, 0.717) is 6.61 Å². The van der Waals surface area contributed by atoms with Gasteiger partial charge < -0.3 is 4.74 Å². The van der Waals surface area contributed by atoms with Crippen molar-refractivity contribution in [1.29, 1.82) is 0 Å². The van der Waals surface area contributed by atoms with E-state index in [2.05, 4.69) is 12.3 Å². The summed E-state index contributed by atoms with van der Waals surface area (Å²) in [5.41, 5.74) is 3.60. The average Bonchev–Trinajstić information content (AvgIpc) is 2.45. The molecule has 20 heavy (non-hydrogen) atoms. The number of nitrogens with two attached hydrogens (primary N) is 1. The van der Waals surface area contributed by atoms with Crippen LogP contribution in [-0.2, 0) is 4.74 Å². The van der Waals surface area contributed by atoms with Crippen LogP contribution in [0.1, 0.15) is 51.1 Å². The first-order valence-electron chi connectivity index (χ1n) is 7.47. The van der Waals surface area contributed by atoms with Crippen LogP contribution in [0.2, 0.25) is 0 Å². The van der Waals surface area contributed by atoms with Gasteiger partial charge >= 0.3 is 0 Å². The fraction of sp³-hybridized carbons (Fsp3) is 0.625. The van der Waals surface area contributed by atoms with E-state index >= 15 is 0 Å². The summed E-state index contributed by atoms with van der Waals surface area (Å²) in [7, 11) is 0. The van der Waals surface area contributed by atoms with Crippen LogP contribution in [0.25, 0.3) is 0 Å². The number of ether oxygens (including phenoxy) is 1. The van der Waals surface area contributed by atoms with Gasteiger partial charge in [0.15, 0.2) is 0 Å². The lowest BCUT2D eigenvalue weighted by molar-refractivity contribution is -0.0977. The van der Waals surface area contributed by atoms with Gasteiger partial charge in [-0.15, -0.1) is 0 Å². The van der Waals surface area contributed by atoms with Crippen molar-refractivity contribution in [3.8, 4) is 0 Å². The van der Waals surface area contributed by atoms with E-state index in [9.17, 15) is 4.39 Å². The van der Waals surface area contributed by atoms with Crippen LogP contribution in [0.5, 0.6) is 0 Å². The first kappa shape index (κ1) is 15.4. The molecule has 0 bridgehead atoms. The van der Waals surface area contributed by atoms with Crippen molar-refractivity contribution in [3.63, 3.8) is 0 Å². The van der Waals surface area contributed by atoms with Crippen molar-refractivity contribution in [2.24, 2.45) is 11.8 Å². The van der Waals surface area contributed by atoms with Crippen molar-refractivity contribution in [3.05, 3.63) is 35.6 Å². The highest BCUT2D eigenvalue weighted by Gasteiger charge is 2.42. The fourth-order valence-electron chi connectivity index (χ4n) is 3.26. The van der Waals surface area contributed by atoms with Gasteiger partial charge in [0.25, 0.3) is 0 Å². The second kappa shape index (κ2) is 6.66. The number of benzene rings is 1. The molecule has 1 unspecified atom stereocenters. The van der Waals surface area contributed by atoms with Gasteiger partial charge in [0.2, 0.25) is 0 Å². The maximum absolute atomic E-state index is 13.1. The molecule has 1 atom stereocenters. The number of hydrogen-bond acceptors (Lipinski definition) is 3. The Morgan fingerprint density at radius 3 is 2.45 bits per heavy atom. The van der Waals surface area contributed by atoms with Gasteiger partial charge in [0, 0.05) is 6.61 Å². The normalized spacial score (nSPS) is 28.3. The topological polar surface area (TPSA) is 47.3 Å². The summed E-state index contributed by atoms with van der Waals surface area (Å²) >= 11 is 0. The Balaban J connectivity index is 2.27. The monoisotopic (exact) mass is 280 g/mol. The molecular formula is C16H25FN2O. The lowest BCUT2D eigenvalue weighted by atomic mass is 9.73. The summed E-state index contributed by atoms with van der Waals surface area (Å²) in [6.07, 6.45) is 4.24. The van der Waals surface area contributed by atoms with Crippen LogP contribution in [0, 0.1) is 11.7 Å². The molecule has 0 aromatic heterocycles. The van der Waals surface area contributed by atoms with Crippen LogP contribution >= 0.6 is 0 Å². The summed E-state index contributed by atoms with van der Waals surface area (Å²) in [6.45, 7) is 4.95. The molecule has 1 aromatic carbocycles. The molecule has 4 heteroatoms. The van der Waals surface area contributed by atoms with E-state index in [0.717, 1.165) is 37.2 Å². The minimum atomic E-state index is -0.284. The molecule has 1 aliphatic rings. The third kappa shape index (κ3) is 3.19. The van der Waals surface area contributed by atoms with Gasteiger partial charge in [0.05, 0.1) is 11.6 Å². The molecule has 0 aliphatic heterocycles. The molecule has 3 nitrogen and oxygen atoms in total. The molecule has 3 N–H and O–H groups in total. The average molecular weight is 280 g/mol. The maximum atomic E-state index is 13.1. The summed E-state index contributed by atoms with van der Waals surface area (Å²) in [4.78, 5) is 0. The van der Waals surface area contributed by atoms with Gasteiger partial charge in [-0.25, -0.2) is 4.39 Å². The number of halogens is 1. The van der Waals surface area contributed by atoms with Crippen LogP contribution in [0.15, 0.2) is 24.3 Å². The Morgan fingerprint density at radius 2 is 1.95 bits per heavy atom. The Labute approximate surface area is 120 Å². The standard InChI is InChI=1S/C16H25FN2O/c1-3-20-16(10-8-12(2)9-11-16)15(19-18)13-4-6-14(17)7-5-13/h4-7,12,15,19H,3,8-11,18H2,1-2H3. The smallest absolute Gasteiger partial charge is 0.123 e. The minimum absolute atomic E-state index is 0.101. The lowest BCUT2D eigenvalue weighted by Crippen LogP contribution is -2.50. The minimum Gasteiger partial charge on any atom is -0.373 e. The maximum Gasteiger partial charge on any atom is 0.123 e.